The van der Waals surface area contributed by atoms with Crippen molar-refractivity contribution in [2.75, 3.05) is 0 Å². The number of ketones is 1. The second-order valence-corrected chi connectivity index (χ2v) is 7.03. The third-order valence-corrected chi connectivity index (χ3v) is 4.69. The van der Waals surface area contributed by atoms with Gasteiger partial charge in [-0.2, -0.15) is 0 Å². The van der Waals surface area contributed by atoms with Gasteiger partial charge in [0, 0.05) is 25.1 Å². The Morgan fingerprint density at radius 2 is 1.18 bits per heavy atom. The van der Waals surface area contributed by atoms with Crippen molar-refractivity contribution in [3.63, 3.8) is 0 Å². The largest absolute Gasteiger partial charge is 0.330 e. The summed E-state index contributed by atoms with van der Waals surface area (Å²) in [6.07, 6.45) is 1.24. The molecule has 0 N–H and O–H groups in total. The predicted octanol–water partition coefficient (Wildman–Crippen LogP) is 5.05. The Morgan fingerprint density at radius 3 is 1.64 bits per heavy atom. The molecule has 0 fully saturated rings. The predicted molar refractivity (Wildman–Crippen MR) is 112 cm³/mol. The smallest absolute Gasteiger partial charge is 0.254 e. The highest BCUT2D eigenvalue weighted by molar-refractivity contribution is 5.94. The highest BCUT2D eigenvalue weighted by Gasteiger charge is 2.17. The Morgan fingerprint density at radius 1 is 0.679 bits per heavy atom. The molecule has 1 amide bonds. The quantitative estimate of drug-likeness (QED) is 0.556. The summed E-state index contributed by atoms with van der Waals surface area (Å²) >= 11 is 0. The molecule has 0 aliphatic carbocycles. The molecule has 3 heteroatoms. The van der Waals surface area contributed by atoms with Gasteiger partial charge in [0.15, 0.2) is 0 Å². The van der Waals surface area contributed by atoms with E-state index in [1.54, 1.807) is 6.92 Å². The molecule has 3 aromatic rings. The summed E-state index contributed by atoms with van der Waals surface area (Å²) < 4.78 is 0. The monoisotopic (exact) mass is 371 g/mol. The molecule has 0 atom stereocenters. The molecule has 3 nitrogen and oxygen atoms in total. The standard InChI is InChI=1S/C25H25NO2/c1-20(27)12-13-21-14-16-24(17-15-21)25(28)26(18-22-8-4-2-5-9-22)19-23-10-6-3-7-11-23/h2-11,14-17H,12-13,18-19H2,1H3. The van der Waals surface area contributed by atoms with E-state index in [0.717, 1.165) is 16.7 Å². The summed E-state index contributed by atoms with van der Waals surface area (Å²) in [5.74, 6) is 0.183. The average Bonchev–Trinajstić information content (AvgIpc) is 2.73. The Labute approximate surface area is 166 Å². The fourth-order valence-electron chi connectivity index (χ4n) is 3.12. The minimum atomic E-state index is 0.00539. The maximum Gasteiger partial charge on any atom is 0.254 e. The van der Waals surface area contributed by atoms with E-state index in [1.165, 1.54) is 0 Å². The number of Topliss-reactive ketones (excluding diaryl/α,β-unsaturated/α-hetero) is 1. The summed E-state index contributed by atoms with van der Waals surface area (Å²) in [4.78, 5) is 26.2. The van der Waals surface area contributed by atoms with Crippen molar-refractivity contribution in [3.05, 3.63) is 107 Å². The first-order valence-electron chi connectivity index (χ1n) is 9.57. The van der Waals surface area contributed by atoms with Gasteiger partial charge in [0.05, 0.1) is 0 Å². The van der Waals surface area contributed by atoms with Gasteiger partial charge in [0.2, 0.25) is 0 Å². The van der Waals surface area contributed by atoms with Crippen LogP contribution in [0.2, 0.25) is 0 Å². The first-order chi connectivity index (χ1) is 13.6. The number of hydrogen-bond acceptors (Lipinski definition) is 2. The van der Waals surface area contributed by atoms with Gasteiger partial charge < -0.3 is 9.69 Å². The van der Waals surface area contributed by atoms with Crippen molar-refractivity contribution in [3.8, 4) is 0 Å². The van der Waals surface area contributed by atoms with Gasteiger partial charge in [-0.3, -0.25) is 4.79 Å². The molecular weight excluding hydrogens is 346 g/mol. The molecule has 0 saturated carbocycles. The van der Waals surface area contributed by atoms with Crippen molar-refractivity contribution >= 4 is 11.7 Å². The molecule has 0 saturated heterocycles. The van der Waals surface area contributed by atoms with E-state index in [2.05, 4.69) is 0 Å². The molecule has 0 radical (unpaired) electrons. The van der Waals surface area contributed by atoms with E-state index < -0.39 is 0 Å². The Balaban J connectivity index is 1.78. The van der Waals surface area contributed by atoms with E-state index in [0.29, 0.717) is 31.5 Å². The van der Waals surface area contributed by atoms with E-state index in [1.807, 2.05) is 89.8 Å². The molecule has 0 aliphatic heterocycles. The van der Waals surface area contributed by atoms with Crippen LogP contribution < -0.4 is 0 Å². The van der Waals surface area contributed by atoms with Gasteiger partial charge in [0.25, 0.3) is 5.91 Å². The van der Waals surface area contributed by atoms with Crippen LogP contribution in [0.25, 0.3) is 0 Å². The minimum absolute atomic E-state index is 0.00539. The van der Waals surface area contributed by atoms with Crippen LogP contribution in [0.1, 0.15) is 40.4 Å². The molecule has 3 aromatic carbocycles. The molecule has 28 heavy (non-hydrogen) atoms. The fraction of sp³-hybridized carbons (Fsp3) is 0.200. The van der Waals surface area contributed by atoms with Gasteiger partial charge >= 0.3 is 0 Å². The van der Waals surface area contributed by atoms with Crippen LogP contribution in [0.3, 0.4) is 0 Å². The first-order valence-corrected chi connectivity index (χ1v) is 9.57. The first kappa shape index (κ1) is 19.6. The number of hydrogen-bond donors (Lipinski definition) is 0. The van der Waals surface area contributed by atoms with Gasteiger partial charge in [-0.05, 0) is 42.2 Å². The van der Waals surface area contributed by atoms with Crippen LogP contribution in [0, 0.1) is 0 Å². The van der Waals surface area contributed by atoms with Crippen molar-refractivity contribution in [1.29, 1.82) is 0 Å². The maximum atomic E-state index is 13.2. The minimum Gasteiger partial charge on any atom is -0.330 e. The lowest BCUT2D eigenvalue weighted by atomic mass is 10.0. The van der Waals surface area contributed by atoms with Gasteiger partial charge in [-0.1, -0.05) is 72.8 Å². The maximum absolute atomic E-state index is 13.2. The SMILES string of the molecule is CC(=O)CCc1ccc(C(=O)N(Cc2ccccc2)Cc2ccccc2)cc1. The Bertz CT molecular complexity index is 861. The molecule has 0 spiro atoms. The lowest BCUT2D eigenvalue weighted by Gasteiger charge is -2.23. The summed E-state index contributed by atoms with van der Waals surface area (Å²) in [6.45, 7) is 2.71. The van der Waals surface area contributed by atoms with Crippen LogP contribution >= 0.6 is 0 Å². The summed E-state index contributed by atoms with van der Waals surface area (Å²) in [5.41, 5.74) is 3.94. The third kappa shape index (κ3) is 5.65. The van der Waals surface area contributed by atoms with Gasteiger partial charge in [0.1, 0.15) is 5.78 Å². The molecule has 0 aliphatic rings. The van der Waals surface area contributed by atoms with Gasteiger partial charge in [-0.25, -0.2) is 0 Å². The number of amides is 1. The summed E-state index contributed by atoms with van der Waals surface area (Å²) in [7, 11) is 0. The average molecular weight is 371 g/mol. The molecular formula is C25H25NO2. The fourth-order valence-corrected chi connectivity index (χ4v) is 3.12. The highest BCUT2D eigenvalue weighted by Crippen LogP contribution is 2.15. The lowest BCUT2D eigenvalue weighted by molar-refractivity contribution is -0.116. The Hall–Kier alpha value is -3.20. The van der Waals surface area contributed by atoms with Crippen LogP contribution in [-0.4, -0.2) is 16.6 Å². The summed E-state index contributed by atoms with van der Waals surface area (Å²) in [5, 5.41) is 0. The van der Waals surface area contributed by atoms with E-state index in [9.17, 15) is 9.59 Å². The molecule has 0 bridgehead atoms. The van der Waals surface area contributed by atoms with Crippen molar-refractivity contribution in [2.45, 2.75) is 32.9 Å². The number of rotatable bonds is 8. The van der Waals surface area contributed by atoms with Crippen LogP contribution in [-0.2, 0) is 24.3 Å². The summed E-state index contributed by atoms with van der Waals surface area (Å²) in [6, 6.07) is 27.7. The number of nitrogens with zero attached hydrogens (tertiary/aromatic N) is 1. The van der Waals surface area contributed by atoms with Crippen LogP contribution in [0.5, 0.6) is 0 Å². The molecule has 0 aromatic heterocycles. The number of aryl methyl sites for hydroxylation is 1. The third-order valence-electron chi connectivity index (χ3n) is 4.69. The van der Waals surface area contributed by atoms with E-state index in [-0.39, 0.29) is 11.7 Å². The highest BCUT2D eigenvalue weighted by atomic mass is 16.2. The van der Waals surface area contributed by atoms with Gasteiger partial charge in [-0.15, -0.1) is 0 Å². The second kappa shape index (κ2) is 9.65. The second-order valence-electron chi connectivity index (χ2n) is 7.03. The van der Waals surface area contributed by atoms with E-state index >= 15 is 0 Å². The van der Waals surface area contributed by atoms with Crippen molar-refractivity contribution in [2.24, 2.45) is 0 Å². The topological polar surface area (TPSA) is 37.4 Å². The zero-order valence-corrected chi connectivity index (χ0v) is 16.2. The number of carbonyl (C=O) groups is 2. The molecule has 0 unspecified atom stereocenters. The molecule has 3 rings (SSSR count). The van der Waals surface area contributed by atoms with Crippen LogP contribution in [0.4, 0.5) is 0 Å². The zero-order chi connectivity index (χ0) is 19.8. The normalized spacial score (nSPS) is 10.5. The number of benzene rings is 3. The lowest BCUT2D eigenvalue weighted by Crippen LogP contribution is -2.30. The molecule has 142 valence electrons. The van der Waals surface area contributed by atoms with Crippen molar-refractivity contribution < 1.29 is 9.59 Å². The van der Waals surface area contributed by atoms with Crippen molar-refractivity contribution in [1.82, 2.24) is 4.90 Å². The van der Waals surface area contributed by atoms with E-state index in [4.69, 9.17) is 0 Å². The molecule has 0 heterocycles. The Kier molecular flexibility index (Phi) is 6.74. The van der Waals surface area contributed by atoms with Crippen LogP contribution in [0.15, 0.2) is 84.9 Å². The number of carbonyl (C=O) groups excluding carboxylic acids is 2. The zero-order valence-electron chi connectivity index (χ0n) is 16.2.